The number of nitrogens with zero attached hydrogens (tertiary/aromatic N) is 2. The third kappa shape index (κ3) is 4.14. The molecular formula is C22H23N3O2. The van der Waals surface area contributed by atoms with E-state index < -0.39 is 0 Å². The third-order valence-corrected chi connectivity index (χ3v) is 4.56. The first-order chi connectivity index (χ1) is 13.0. The summed E-state index contributed by atoms with van der Waals surface area (Å²) in [5, 5.41) is 0. The monoisotopic (exact) mass is 361 g/mol. The second-order valence-electron chi connectivity index (χ2n) is 6.69. The molecule has 0 saturated heterocycles. The number of carbonyl (C=O) groups is 2. The van der Waals surface area contributed by atoms with Gasteiger partial charge in [-0.3, -0.25) is 9.59 Å². The summed E-state index contributed by atoms with van der Waals surface area (Å²) in [7, 11) is 1.80. The van der Waals surface area contributed by atoms with Crippen LogP contribution in [0.25, 0.3) is 17.2 Å². The molecule has 27 heavy (non-hydrogen) atoms. The van der Waals surface area contributed by atoms with Crippen LogP contribution in [0.15, 0.2) is 53.0 Å². The van der Waals surface area contributed by atoms with Crippen molar-refractivity contribution in [2.75, 3.05) is 13.6 Å². The Morgan fingerprint density at radius 3 is 2.56 bits per heavy atom. The highest BCUT2D eigenvalue weighted by molar-refractivity contribution is 6.05. The van der Waals surface area contributed by atoms with Crippen molar-refractivity contribution in [2.45, 2.75) is 19.8 Å². The maximum atomic E-state index is 12.7. The first-order valence-electron chi connectivity index (χ1n) is 9.00. The quantitative estimate of drug-likeness (QED) is 0.823. The zero-order chi connectivity index (χ0) is 19.4. The molecule has 2 aromatic carbocycles. The van der Waals surface area contributed by atoms with Gasteiger partial charge in [0.15, 0.2) is 0 Å². The zero-order valence-electron chi connectivity index (χ0n) is 15.6. The van der Waals surface area contributed by atoms with Gasteiger partial charge in [0.25, 0.3) is 0 Å². The van der Waals surface area contributed by atoms with E-state index in [1.807, 2.05) is 43.3 Å². The maximum Gasteiger partial charge on any atom is 0.249 e. The molecule has 2 aromatic rings. The van der Waals surface area contributed by atoms with E-state index >= 15 is 0 Å². The minimum absolute atomic E-state index is 0.0172. The topological polar surface area (TPSA) is 75.8 Å². The summed E-state index contributed by atoms with van der Waals surface area (Å²) >= 11 is 0. The molecule has 0 saturated carbocycles. The summed E-state index contributed by atoms with van der Waals surface area (Å²) in [6.07, 6.45) is 3.95. The number of aldehydes is 1. The van der Waals surface area contributed by atoms with E-state index in [4.69, 9.17) is 5.73 Å². The number of likely N-dealkylation sites (N-methyl/N-ethyl adjacent to an activating group) is 1. The molecule has 0 aromatic heterocycles. The van der Waals surface area contributed by atoms with Gasteiger partial charge in [-0.1, -0.05) is 43.3 Å². The minimum atomic E-state index is -0.0172. The van der Waals surface area contributed by atoms with Gasteiger partial charge in [-0.2, -0.15) is 0 Å². The minimum Gasteiger partial charge on any atom is -0.387 e. The first-order valence-corrected chi connectivity index (χ1v) is 9.00. The highest BCUT2D eigenvalue weighted by Gasteiger charge is 2.19. The number of amides is 1. The number of carbonyl (C=O) groups excluding carboxylic acids is 2. The average Bonchev–Trinajstić information content (AvgIpc) is 2.84. The smallest absolute Gasteiger partial charge is 0.249 e. The fraction of sp³-hybridized carbons (Fsp3) is 0.227. The number of hydrogen-bond acceptors (Lipinski definition) is 4. The van der Waals surface area contributed by atoms with Gasteiger partial charge < -0.3 is 10.6 Å². The van der Waals surface area contributed by atoms with Crippen LogP contribution in [0, 0.1) is 0 Å². The number of benzene rings is 2. The highest BCUT2D eigenvalue weighted by atomic mass is 16.2. The number of nitrogens with two attached hydrogens (primary N) is 1. The van der Waals surface area contributed by atoms with E-state index in [0.29, 0.717) is 29.9 Å². The molecule has 1 amide bonds. The van der Waals surface area contributed by atoms with Crippen LogP contribution in [-0.4, -0.2) is 36.5 Å². The molecule has 0 atom stereocenters. The fourth-order valence-corrected chi connectivity index (χ4v) is 3.14. The number of amidine groups is 1. The summed E-state index contributed by atoms with van der Waals surface area (Å²) in [6, 6.07) is 13.3. The highest BCUT2D eigenvalue weighted by Crippen LogP contribution is 2.32. The van der Waals surface area contributed by atoms with Crippen LogP contribution >= 0.6 is 0 Å². The zero-order valence-corrected chi connectivity index (χ0v) is 15.6. The Kier molecular flexibility index (Phi) is 5.50. The first kappa shape index (κ1) is 18.6. The van der Waals surface area contributed by atoms with Crippen molar-refractivity contribution in [3.8, 4) is 11.1 Å². The molecule has 1 heterocycles. The number of hydrogen-bond donors (Lipinski definition) is 1. The van der Waals surface area contributed by atoms with Gasteiger partial charge in [0, 0.05) is 36.7 Å². The third-order valence-electron chi connectivity index (χ3n) is 4.56. The largest absolute Gasteiger partial charge is 0.387 e. The van der Waals surface area contributed by atoms with Crippen molar-refractivity contribution in [1.82, 2.24) is 4.90 Å². The maximum absolute atomic E-state index is 12.7. The van der Waals surface area contributed by atoms with Crippen molar-refractivity contribution in [1.29, 1.82) is 0 Å². The van der Waals surface area contributed by atoms with Crippen LogP contribution in [-0.2, 0) is 4.79 Å². The molecule has 0 spiro atoms. The molecule has 0 unspecified atom stereocenters. The van der Waals surface area contributed by atoms with E-state index in [-0.39, 0.29) is 5.91 Å². The molecule has 5 heteroatoms. The van der Waals surface area contributed by atoms with Gasteiger partial charge >= 0.3 is 0 Å². The van der Waals surface area contributed by atoms with Crippen LogP contribution in [0.3, 0.4) is 0 Å². The fourth-order valence-electron chi connectivity index (χ4n) is 3.14. The molecule has 138 valence electrons. The van der Waals surface area contributed by atoms with Crippen molar-refractivity contribution < 1.29 is 9.59 Å². The average molecular weight is 361 g/mol. The normalized spacial score (nSPS) is 13.1. The lowest BCUT2D eigenvalue weighted by atomic mass is 10.00. The molecule has 1 aliphatic heterocycles. The molecule has 0 aliphatic carbocycles. The van der Waals surface area contributed by atoms with E-state index in [2.05, 4.69) is 4.99 Å². The van der Waals surface area contributed by atoms with Crippen LogP contribution in [0.1, 0.15) is 35.7 Å². The predicted molar refractivity (Wildman–Crippen MR) is 109 cm³/mol. The predicted octanol–water partition coefficient (Wildman–Crippen LogP) is 3.81. The Balaban J connectivity index is 1.97. The summed E-state index contributed by atoms with van der Waals surface area (Å²) in [4.78, 5) is 29.7. The Morgan fingerprint density at radius 1 is 1.19 bits per heavy atom. The number of fused-ring (bicyclic) bond motifs is 1. The number of aliphatic imine (C=N–C) groups is 1. The van der Waals surface area contributed by atoms with E-state index in [1.165, 1.54) is 0 Å². The molecular weight excluding hydrogens is 338 g/mol. The van der Waals surface area contributed by atoms with Crippen LogP contribution in [0.4, 0.5) is 5.69 Å². The lowest BCUT2D eigenvalue weighted by Crippen LogP contribution is -2.30. The molecule has 5 nitrogen and oxygen atoms in total. The molecule has 0 radical (unpaired) electrons. The molecule has 2 N–H and O–H groups in total. The lowest BCUT2D eigenvalue weighted by molar-refractivity contribution is -0.125. The molecule has 1 aliphatic rings. The summed E-state index contributed by atoms with van der Waals surface area (Å²) in [5.74, 6) is 0.406. The van der Waals surface area contributed by atoms with E-state index in [1.54, 1.807) is 24.1 Å². The van der Waals surface area contributed by atoms with Crippen molar-refractivity contribution >= 4 is 29.8 Å². The van der Waals surface area contributed by atoms with Gasteiger partial charge in [-0.15, -0.1) is 0 Å². The van der Waals surface area contributed by atoms with Crippen molar-refractivity contribution in [3.05, 3.63) is 59.2 Å². The molecule has 0 fully saturated rings. The van der Waals surface area contributed by atoms with Gasteiger partial charge in [0.2, 0.25) is 5.91 Å². The SMILES string of the molecule is CCCN(C)C(=O)C1=Cc2ccc(-c3ccc(C=O)cc3)cc2N=C(N)C1. The van der Waals surface area contributed by atoms with Gasteiger partial charge in [0.05, 0.1) is 5.69 Å². The summed E-state index contributed by atoms with van der Waals surface area (Å²) < 4.78 is 0. The van der Waals surface area contributed by atoms with E-state index in [0.717, 1.165) is 35.1 Å². The Bertz CT molecular complexity index is 927. The second kappa shape index (κ2) is 7.99. The summed E-state index contributed by atoms with van der Waals surface area (Å²) in [6.45, 7) is 2.75. The summed E-state index contributed by atoms with van der Waals surface area (Å²) in [5.41, 5.74) is 10.9. The Labute approximate surface area is 159 Å². The molecule has 3 rings (SSSR count). The Hall–Kier alpha value is -3.21. The van der Waals surface area contributed by atoms with Gasteiger partial charge in [0.1, 0.15) is 12.1 Å². The van der Waals surface area contributed by atoms with Gasteiger partial charge in [-0.25, -0.2) is 4.99 Å². The van der Waals surface area contributed by atoms with Crippen molar-refractivity contribution in [3.63, 3.8) is 0 Å². The lowest BCUT2D eigenvalue weighted by Gasteiger charge is -2.17. The van der Waals surface area contributed by atoms with Gasteiger partial charge in [-0.05, 0) is 29.7 Å². The standard InChI is InChI=1S/C22H23N3O2/c1-3-10-25(2)22(27)19-11-18-9-8-17(12-20(18)24-21(23)13-19)16-6-4-15(14-26)5-7-16/h4-9,11-12,14H,3,10,13H2,1-2H3,(H2,23,24). The molecule has 0 bridgehead atoms. The Morgan fingerprint density at radius 2 is 1.89 bits per heavy atom. The van der Waals surface area contributed by atoms with E-state index in [9.17, 15) is 9.59 Å². The van der Waals surface area contributed by atoms with Crippen LogP contribution in [0.2, 0.25) is 0 Å². The van der Waals surface area contributed by atoms with Crippen molar-refractivity contribution in [2.24, 2.45) is 10.7 Å². The second-order valence-corrected chi connectivity index (χ2v) is 6.69. The number of rotatable bonds is 5. The van der Waals surface area contributed by atoms with Crippen LogP contribution in [0.5, 0.6) is 0 Å². The van der Waals surface area contributed by atoms with Crippen LogP contribution < -0.4 is 5.73 Å².